The summed E-state index contributed by atoms with van der Waals surface area (Å²) in [6.45, 7) is 4.31. The van der Waals surface area contributed by atoms with Crippen molar-refractivity contribution < 1.29 is 13.2 Å². The van der Waals surface area contributed by atoms with Crippen molar-refractivity contribution in [3.05, 3.63) is 83.4 Å². The van der Waals surface area contributed by atoms with Crippen LogP contribution in [0.2, 0.25) is 0 Å². The number of hydrogen-bond donors (Lipinski definition) is 2. The Morgan fingerprint density at radius 1 is 0.933 bits per heavy atom. The quantitative estimate of drug-likeness (QED) is 0.641. The number of carbonyl (C=O) groups is 1. The second-order valence-electron chi connectivity index (χ2n) is 7.38. The van der Waals surface area contributed by atoms with Crippen LogP contribution >= 0.6 is 0 Å². The topological polar surface area (TPSA) is 78.5 Å². The molecule has 0 aromatic heterocycles. The van der Waals surface area contributed by atoms with E-state index in [1.165, 1.54) is 4.31 Å². The van der Waals surface area contributed by atoms with Crippen molar-refractivity contribution in [1.82, 2.24) is 0 Å². The second kappa shape index (κ2) is 7.84. The standard InChI is InChI=1S/C23H23N3O3S/c1-16-8-11-21(17(2)14-16)25-23(27)24-19-10-9-18-12-13-26(22(18)15-19)30(28,29)20-6-4-3-5-7-20/h3-11,14-15H,12-13H2,1-2H3,(H2,24,25,27). The van der Waals surface area contributed by atoms with E-state index < -0.39 is 10.0 Å². The predicted molar refractivity (Wildman–Crippen MR) is 120 cm³/mol. The molecule has 0 spiro atoms. The van der Waals surface area contributed by atoms with Crippen molar-refractivity contribution in [1.29, 1.82) is 0 Å². The van der Waals surface area contributed by atoms with Gasteiger partial charge < -0.3 is 10.6 Å². The Morgan fingerprint density at radius 3 is 2.43 bits per heavy atom. The average Bonchev–Trinajstić information content (AvgIpc) is 3.15. The first-order chi connectivity index (χ1) is 14.3. The van der Waals surface area contributed by atoms with E-state index in [1.807, 2.05) is 38.1 Å². The van der Waals surface area contributed by atoms with Crippen LogP contribution in [-0.2, 0) is 16.4 Å². The van der Waals surface area contributed by atoms with Gasteiger partial charge in [0.15, 0.2) is 0 Å². The molecule has 1 heterocycles. The van der Waals surface area contributed by atoms with Gasteiger partial charge in [-0.1, -0.05) is 42.0 Å². The molecule has 0 unspecified atom stereocenters. The van der Waals surface area contributed by atoms with E-state index in [4.69, 9.17) is 0 Å². The summed E-state index contributed by atoms with van der Waals surface area (Å²) in [5.41, 5.74) is 4.90. The Bertz CT molecular complexity index is 1210. The Balaban J connectivity index is 1.55. The molecular weight excluding hydrogens is 398 g/mol. The molecule has 30 heavy (non-hydrogen) atoms. The van der Waals surface area contributed by atoms with Crippen LogP contribution in [0.3, 0.4) is 0 Å². The summed E-state index contributed by atoms with van der Waals surface area (Å²) in [5.74, 6) is 0. The fourth-order valence-electron chi connectivity index (χ4n) is 3.64. The van der Waals surface area contributed by atoms with E-state index in [-0.39, 0.29) is 10.9 Å². The van der Waals surface area contributed by atoms with Gasteiger partial charge >= 0.3 is 6.03 Å². The zero-order valence-electron chi connectivity index (χ0n) is 16.8. The van der Waals surface area contributed by atoms with Crippen LogP contribution in [0.4, 0.5) is 21.9 Å². The summed E-state index contributed by atoms with van der Waals surface area (Å²) >= 11 is 0. The maximum atomic E-state index is 13.1. The summed E-state index contributed by atoms with van der Waals surface area (Å²) in [5, 5.41) is 5.64. The molecule has 0 fully saturated rings. The molecule has 4 rings (SSSR count). The third-order valence-corrected chi connectivity index (χ3v) is 6.98. The average molecular weight is 422 g/mol. The van der Waals surface area contributed by atoms with Crippen LogP contribution in [-0.4, -0.2) is 21.0 Å². The van der Waals surface area contributed by atoms with E-state index >= 15 is 0 Å². The molecule has 3 aromatic rings. The first-order valence-corrected chi connectivity index (χ1v) is 11.1. The fourth-order valence-corrected chi connectivity index (χ4v) is 5.15. The lowest BCUT2D eigenvalue weighted by atomic mass is 10.1. The molecule has 0 bridgehead atoms. The Hall–Kier alpha value is -3.32. The molecule has 0 saturated carbocycles. The summed E-state index contributed by atoms with van der Waals surface area (Å²) in [6.07, 6.45) is 0.635. The van der Waals surface area contributed by atoms with E-state index in [0.29, 0.717) is 24.3 Å². The van der Waals surface area contributed by atoms with Gasteiger partial charge in [0.05, 0.1) is 10.6 Å². The molecule has 1 aliphatic rings. The highest BCUT2D eigenvalue weighted by Crippen LogP contribution is 2.35. The minimum atomic E-state index is -3.65. The van der Waals surface area contributed by atoms with E-state index in [2.05, 4.69) is 10.6 Å². The molecule has 0 saturated heterocycles. The molecular formula is C23H23N3O3S. The lowest BCUT2D eigenvalue weighted by Crippen LogP contribution is -2.29. The first-order valence-electron chi connectivity index (χ1n) is 9.70. The van der Waals surface area contributed by atoms with E-state index in [0.717, 1.165) is 22.4 Å². The van der Waals surface area contributed by atoms with Crippen LogP contribution in [0.1, 0.15) is 16.7 Å². The van der Waals surface area contributed by atoms with Crippen molar-refractivity contribution in [3.8, 4) is 0 Å². The SMILES string of the molecule is Cc1ccc(NC(=O)Nc2ccc3c(c2)N(S(=O)(=O)c2ccccc2)CC3)c(C)c1. The first kappa shape index (κ1) is 20.0. The summed E-state index contributed by atoms with van der Waals surface area (Å²) in [4.78, 5) is 12.7. The van der Waals surface area contributed by atoms with Crippen molar-refractivity contribution >= 4 is 33.1 Å². The van der Waals surface area contributed by atoms with Crippen LogP contribution < -0.4 is 14.9 Å². The minimum absolute atomic E-state index is 0.254. The molecule has 6 nitrogen and oxygen atoms in total. The molecule has 7 heteroatoms. The van der Waals surface area contributed by atoms with Crippen molar-refractivity contribution in [2.45, 2.75) is 25.2 Å². The highest BCUT2D eigenvalue weighted by Gasteiger charge is 2.31. The van der Waals surface area contributed by atoms with E-state index in [9.17, 15) is 13.2 Å². The summed E-state index contributed by atoms with van der Waals surface area (Å²) in [6, 6.07) is 19.2. The smallest absolute Gasteiger partial charge is 0.308 e. The largest absolute Gasteiger partial charge is 0.323 e. The van der Waals surface area contributed by atoms with Gasteiger partial charge in [0, 0.05) is 17.9 Å². The van der Waals surface area contributed by atoms with Crippen LogP contribution in [0.5, 0.6) is 0 Å². The zero-order valence-corrected chi connectivity index (χ0v) is 17.7. The molecule has 2 N–H and O–H groups in total. The normalized spacial score (nSPS) is 13.1. The number of rotatable bonds is 4. The number of sulfonamides is 1. The van der Waals surface area contributed by atoms with Gasteiger partial charge in [0.1, 0.15) is 0 Å². The van der Waals surface area contributed by atoms with Gasteiger partial charge in [0.2, 0.25) is 0 Å². The van der Waals surface area contributed by atoms with Gasteiger partial charge in [-0.05, 0) is 61.7 Å². The Morgan fingerprint density at radius 2 is 1.70 bits per heavy atom. The van der Waals surface area contributed by atoms with Crippen molar-refractivity contribution in [2.24, 2.45) is 0 Å². The number of aryl methyl sites for hydroxylation is 2. The number of urea groups is 1. The molecule has 2 amide bonds. The van der Waals surface area contributed by atoms with Gasteiger partial charge in [-0.25, -0.2) is 13.2 Å². The van der Waals surface area contributed by atoms with Crippen LogP contribution in [0, 0.1) is 13.8 Å². The van der Waals surface area contributed by atoms with Gasteiger partial charge in [-0.3, -0.25) is 4.31 Å². The molecule has 154 valence electrons. The Kier molecular flexibility index (Phi) is 5.22. The number of carbonyl (C=O) groups excluding carboxylic acids is 1. The third kappa shape index (κ3) is 3.89. The number of nitrogens with zero attached hydrogens (tertiary/aromatic N) is 1. The maximum Gasteiger partial charge on any atom is 0.323 e. The lowest BCUT2D eigenvalue weighted by molar-refractivity contribution is 0.262. The van der Waals surface area contributed by atoms with Crippen LogP contribution in [0.25, 0.3) is 0 Å². The fraction of sp³-hybridized carbons (Fsp3) is 0.174. The summed E-state index contributed by atoms with van der Waals surface area (Å²) in [7, 11) is -3.65. The molecule has 0 radical (unpaired) electrons. The number of fused-ring (bicyclic) bond motifs is 1. The van der Waals surface area contributed by atoms with Gasteiger partial charge in [-0.15, -0.1) is 0 Å². The monoisotopic (exact) mass is 421 g/mol. The molecule has 1 aliphatic heterocycles. The predicted octanol–water partition coefficient (Wildman–Crippen LogP) is 4.70. The lowest BCUT2D eigenvalue weighted by Gasteiger charge is -2.20. The number of hydrogen-bond acceptors (Lipinski definition) is 3. The number of benzene rings is 3. The zero-order chi connectivity index (χ0) is 21.3. The highest BCUT2D eigenvalue weighted by atomic mass is 32.2. The van der Waals surface area contributed by atoms with Crippen molar-refractivity contribution in [3.63, 3.8) is 0 Å². The number of amides is 2. The van der Waals surface area contributed by atoms with Gasteiger partial charge in [-0.2, -0.15) is 0 Å². The highest BCUT2D eigenvalue weighted by molar-refractivity contribution is 7.92. The minimum Gasteiger partial charge on any atom is -0.308 e. The van der Waals surface area contributed by atoms with Gasteiger partial charge in [0.25, 0.3) is 10.0 Å². The van der Waals surface area contributed by atoms with Crippen LogP contribution in [0.15, 0.2) is 71.6 Å². The third-order valence-electron chi connectivity index (χ3n) is 5.16. The Labute approximate surface area is 176 Å². The molecule has 0 atom stereocenters. The molecule has 3 aromatic carbocycles. The van der Waals surface area contributed by atoms with Crippen molar-refractivity contribution in [2.75, 3.05) is 21.5 Å². The second-order valence-corrected chi connectivity index (χ2v) is 9.24. The number of anilines is 3. The maximum absolute atomic E-state index is 13.1. The summed E-state index contributed by atoms with van der Waals surface area (Å²) < 4.78 is 27.5. The molecule has 0 aliphatic carbocycles. The number of nitrogens with one attached hydrogen (secondary N) is 2. The van der Waals surface area contributed by atoms with E-state index in [1.54, 1.807) is 42.5 Å².